The molecule has 0 N–H and O–H groups in total. The smallest absolute Gasteiger partial charge is 0.227 e. The van der Waals surface area contributed by atoms with Crippen molar-refractivity contribution in [2.45, 2.75) is 46.2 Å². The normalized spacial score (nSPS) is 13.4. The number of anilines is 2. The maximum atomic E-state index is 11.8. The van der Waals surface area contributed by atoms with Gasteiger partial charge in [0, 0.05) is 46.6 Å². The lowest BCUT2D eigenvalue weighted by Crippen LogP contribution is -2.36. The molecule has 2 aromatic heterocycles. The van der Waals surface area contributed by atoms with E-state index in [0.29, 0.717) is 37.3 Å². The Bertz CT molecular complexity index is 818. The van der Waals surface area contributed by atoms with Gasteiger partial charge in [0.05, 0.1) is 18.8 Å². The van der Waals surface area contributed by atoms with Crippen LogP contribution in [0.2, 0.25) is 0 Å². The number of hydrogen-bond acceptors (Lipinski definition) is 8. The summed E-state index contributed by atoms with van der Waals surface area (Å²) in [7, 11) is 5.79. The summed E-state index contributed by atoms with van der Waals surface area (Å²) in [6.45, 7) is 5.36. The van der Waals surface area contributed by atoms with Crippen LogP contribution < -0.4 is 9.80 Å². The number of rotatable bonds is 6. The largest absolute Gasteiger partial charge is 0.352 e. The van der Waals surface area contributed by atoms with E-state index >= 15 is 0 Å². The molecular formula is C18H27N7O2. The molecule has 3 heterocycles. The van der Waals surface area contributed by atoms with Gasteiger partial charge in [-0.25, -0.2) is 4.98 Å². The zero-order chi connectivity index (χ0) is 19.6. The van der Waals surface area contributed by atoms with Crippen molar-refractivity contribution >= 4 is 17.7 Å². The van der Waals surface area contributed by atoms with E-state index in [2.05, 4.69) is 22.0 Å². The third kappa shape index (κ3) is 4.17. The molecule has 1 amide bonds. The average molecular weight is 373 g/mol. The fourth-order valence-corrected chi connectivity index (χ4v) is 3.14. The summed E-state index contributed by atoms with van der Waals surface area (Å²) < 4.78 is 5.28. The quantitative estimate of drug-likeness (QED) is 0.751. The van der Waals surface area contributed by atoms with Crippen LogP contribution in [-0.4, -0.2) is 58.6 Å². The lowest BCUT2D eigenvalue weighted by Gasteiger charge is -2.31. The van der Waals surface area contributed by atoms with Crippen molar-refractivity contribution in [2.75, 3.05) is 37.5 Å². The van der Waals surface area contributed by atoms with Gasteiger partial charge in [-0.3, -0.25) is 4.79 Å². The van der Waals surface area contributed by atoms with E-state index in [9.17, 15) is 4.79 Å². The van der Waals surface area contributed by atoms with Crippen molar-refractivity contribution in [1.82, 2.24) is 25.0 Å². The standard InChI is InChI=1S/C18H27N7O2/c1-6-7-16-20-15(22-27-16)11-24(5)17-13-8-9-25(12(2)26)10-14(13)19-18(21-17)23(3)4/h6-11H2,1-5H3. The van der Waals surface area contributed by atoms with Crippen LogP contribution in [0.4, 0.5) is 11.8 Å². The van der Waals surface area contributed by atoms with Crippen molar-refractivity contribution in [3.8, 4) is 0 Å². The van der Waals surface area contributed by atoms with E-state index in [0.717, 1.165) is 36.3 Å². The number of carbonyl (C=O) groups excluding carboxylic acids is 1. The monoisotopic (exact) mass is 373 g/mol. The molecule has 2 aromatic rings. The number of hydrogen-bond donors (Lipinski definition) is 0. The van der Waals surface area contributed by atoms with Crippen LogP contribution in [0.15, 0.2) is 4.52 Å². The maximum absolute atomic E-state index is 11.8. The predicted molar refractivity (Wildman–Crippen MR) is 102 cm³/mol. The minimum atomic E-state index is 0.0656. The van der Waals surface area contributed by atoms with Gasteiger partial charge >= 0.3 is 0 Å². The molecule has 1 aliphatic rings. The van der Waals surface area contributed by atoms with Crippen LogP contribution in [0.25, 0.3) is 0 Å². The van der Waals surface area contributed by atoms with Crippen molar-refractivity contribution in [2.24, 2.45) is 0 Å². The van der Waals surface area contributed by atoms with E-state index in [1.807, 2.05) is 35.8 Å². The maximum Gasteiger partial charge on any atom is 0.227 e. The van der Waals surface area contributed by atoms with E-state index < -0.39 is 0 Å². The minimum Gasteiger partial charge on any atom is -0.352 e. The van der Waals surface area contributed by atoms with Gasteiger partial charge in [-0.1, -0.05) is 12.1 Å². The van der Waals surface area contributed by atoms with Crippen LogP contribution in [0.5, 0.6) is 0 Å². The molecule has 0 atom stereocenters. The van der Waals surface area contributed by atoms with Crippen LogP contribution >= 0.6 is 0 Å². The molecule has 0 unspecified atom stereocenters. The highest BCUT2D eigenvalue weighted by Gasteiger charge is 2.26. The summed E-state index contributed by atoms with van der Waals surface area (Å²) in [5.74, 6) is 2.85. The number of aryl methyl sites for hydroxylation is 1. The number of amides is 1. The summed E-state index contributed by atoms with van der Waals surface area (Å²) >= 11 is 0. The van der Waals surface area contributed by atoms with Crippen LogP contribution in [0.3, 0.4) is 0 Å². The highest BCUT2D eigenvalue weighted by atomic mass is 16.5. The molecule has 9 nitrogen and oxygen atoms in total. The van der Waals surface area contributed by atoms with Crippen LogP contribution in [-0.2, 0) is 30.7 Å². The first-order chi connectivity index (χ1) is 12.9. The van der Waals surface area contributed by atoms with E-state index in [1.165, 1.54) is 0 Å². The fraction of sp³-hybridized carbons (Fsp3) is 0.611. The summed E-state index contributed by atoms with van der Waals surface area (Å²) in [6.07, 6.45) is 2.48. The zero-order valence-corrected chi connectivity index (χ0v) is 16.7. The zero-order valence-electron chi connectivity index (χ0n) is 16.7. The first-order valence-electron chi connectivity index (χ1n) is 9.24. The lowest BCUT2D eigenvalue weighted by molar-refractivity contribution is -0.129. The average Bonchev–Trinajstić information content (AvgIpc) is 3.07. The number of aromatic nitrogens is 4. The summed E-state index contributed by atoms with van der Waals surface area (Å²) in [4.78, 5) is 31.3. The SMILES string of the molecule is CCCc1nc(CN(C)c2nc(N(C)C)nc3c2CCN(C(C)=O)C3)no1. The molecule has 3 rings (SSSR count). The van der Waals surface area contributed by atoms with Crippen LogP contribution in [0, 0.1) is 0 Å². The molecule has 146 valence electrons. The van der Waals surface area contributed by atoms with Crippen molar-refractivity contribution in [3.63, 3.8) is 0 Å². The number of nitrogens with zero attached hydrogens (tertiary/aromatic N) is 7. The lowest BCUT2D eigenvalue weighted by atomic mass is 10.0. The Morgan fingerprint density at radius 1 is 1.22 bits per heavy atom. The van der Waals surface area contributed by atoms with Gasteiger partial charge in [-0.05, 0) is 12.8 Å². The van der Waals surface area contributed by atoms with Gasteiger partial charge in [0.25, 0.3) is 0 Å². The molecule has 0 radical (unpaired) electrons. The molecule has 0 bridgehead atoms. The number of carbonyl (C=O) groups is 1. The fourth-order valence-electron chi connectivity index (χ4n) is 3.14. The Labute approximate surface area is 159 Å². The summed E-state index contributed by atoms with van der Waals surface area (Å²) in [6, 6.07) is 0. The Balaban J connectivity index is 1.90. The van der Waals surface area contributed by atoms with Crippen molar-refractivity contribution in [3.05, 3.63) is 23.0 Å². The Morgan fingerprint density at radius 2 is 2.00 bits per heavy atom. The minimum absolute atomic E-state index is 0.0656. The van der Waals surface area contributed by atoms with E-state index in [1.54, 1.807) is 6.92 Å². The van der Waals surface area contributed by atoms with Crippen molar-refractivity contribution in [1.29, 1.82) is 0 Å². The molecule has 9 heteroatoms. The third-order valence-electron chi connectivity index (χ3n) is 4.59. The van der Waals surface area contributed by atoms with Gasteiger partial charge in [-0.2, -0.15) is 9.97 Å². The Morgan fingerprint density at radius 3 is 2.67 bits per heavy atom. The second-order valence-corrected chi connectivity index (χ2v) is 7.07. The second-order valence-electron chi connectivity index (χ2n) is 7.07. The van der Waals surface area contributed by atoms with Gasteiger partial charge in [0.1, 0.15) is 5.82 Å². The molecule has 0 aromatic carbocycles. The van der Waals surface area contributed by atoms with E-state index in [-0.39, 0.29) is 5.91 Å². The molecule has 0 saturated heterocycles. The predicted octanol–water partition coefficient (Wildman–Crippen LogP) is 1.42. The first-order valence-corrected chi connectivity index (χ1v) is 9.24. The molecule has 0 fully saturated rings. The van der Waals surface area contributed by atoms with Crippen LogP contribution in [0.1, 0.15) is 43.2 Å². The van der Waals surface area contributed by atoms with Gasteiger partial charge in [-0.15, -0.1) is 0 Å². The van der Waals surface area contributed by atoms with Gasteiger partial charge in [0.15, 0.2) is 5.82 Å². The first kappa shape index (κ1) is 19.1. The highest BCUT2D eigenvalue weighted by molar-refractivity contribution is 5.73. The molecule has 27 heavy (non-hydrogen) atoms. The number of fused-ring (bicyclic) bond motifs is 1. The molecule has 0 saturated carbocycles. The van der Waals surface area contributed by atoms with E-state index in [4.69, 9.17) is 9.51 Å². The van der Waals surface area contributed by atoms with Gasteiger partial charge in [0.2, 0.25) is 17.7 Å². The Hall–Kier alpha value is -2.71. The third-order valence-corrected chi connectivity index (χ3v) is 4.59. The second kappa shape index (κ2) is 7.89. The van der Waals surface area contributed by atoms with Gasteiger partial charge < -0.3 is 19.2 Å². The highest BCUT2D eigenvalue weighted by Crippen LogP contribution is 2.28. The summed E-state index contributed by atoms with van der Waals surface area (Å²) in [5, 5.41) is 4.07. The topological polar surface area (TPSA) is 91.5 Å². The molecule has 1 aliphatic heterocycles. The Kier molecular flexibility index (Phi) is 5.57. The summed E-state index contributed by atoms with van der Waals surface area (Å²) in [5.41, 5.74) is 1.98. The van der Waals surface area contributed by atoms with Crippen molar-refractivity contribution < 1.29 is 9.32 Å². The molecule has 0 aliphatic carbocycles. The molecule has 0 spiro atoms. The molecular weight excluding hydrogens is 346 g/mol.